The fourth-order valence-electron chi connectivity index (χ4n) is 3.97. The van der Waals surface area contributed by atoms with Crippen LogP contribution >= 0.6 is 0 Å². The molecule has 3 rings (SSSR count). The Morgan fingerprint density at radius 1 is 0.719 bits per heavy atom. The largest absolute Gasteiger partial charge is 0.497 e. The predicted molar refractivity (Wildman–Crippen MR) is 127 cm³/mol. The summed E-state index contributed by atoms with van der Waals surface area (Å²) in [4.78, 5) is 2.18. The summed E-state index contributed by atoms with van der Waals surface area (Å²) < 4.78 is 17.6. The molecule has 0 spiro atoms. The minimum absolute atomic E-state index is 0.134. The summed E-state index contributed by atoms with van der Waals surface area (Å²) >= 11 is 0. The molecular formula is C27H33NO4. The van der Waals surface area contributed by atoms with Gasteiger partial charge in [0.1, 0.15) is 17.1 Å². The van der Waals surface area contributed by atoms with Crippen molar-refractivity contribution in [3.05, 3.63) is 95.6 Å². The number of ether oxygens (including phenoxy) is 3. The molecule has 170 valence electrons. The maximum absolute atomic E-state index is 9.35. The number of benzene rings is 3. The Balaban J connectivity index is 2.10. The molecule has 0 aromatic heterocycles. The molecule has 5 nitrogen and oxygen atoms in total. The second-order valence-electron chi connectivity index (χ2n) is 7.51. The molecule has 0 aliphatic carbocycles. The summed E-state index contributed by atoms with van der Waals surface area (Å²) in [5, 5.41) is 9.35. The van der Waals surface area contributed by atoms with Crippen LogP contribution in [0.1, 0.15) is 23.6 Å². The van der Waals surface area contributed by atoms with Gasteiger partial charge in [0, 0.05) is 13.1 Å². The van der Waals surface area contributed by atoms with Gasteiger partial charge < -0.3 is 19.3 Å². The Hall–Kier alpha value is -2.86. The number of hydrogen-bond donors (Lipinski definition) is 1. The molecule has 0 radical (unpaired) electrons. The molecule has 0 heterocycles. The fraction of sp³-hybridized carbons (Fsp3) is 0.333. The molecule has 3 aromatic carbocycles. The van der Waals surface area contributed by atoms with Gasteiger partial charge in [-0.1, -0.05) is 61.5 Å². The summed E-state index contributed by atoms with van der Waals surface area (Å²) in [6.07, 6.45) is 0. The smallest absolute Gasteiger partial charge is 0.143 e. The molecule has 0 fully saturated rings. The zero-order valence-corrected chi connectivity index (χ0v) is 19.2. The van der Waals surface area contributed by atoms with Crippen molar-refractivity contribution in [3.8, 4) is 11.5 Å². The van der Waals surface area contributed by atoms with Crippen LogP contribution in [-0.4, -0.2) is 57.1 Å². The lowest BCUT2D eigenvalue weighted by Gasteiger charge is -2.36. The summed E-state index contributed by atoms with van der Waals surface area (Å²) in [7, 11) is 3.33. The zero-order valence-electron chi connectivity index (χ0n) is 19.2. The third-order valence-electron chi connectivity index (χ3n) is 5.76. The maximum Gasteiger partial charge on any atom is 0.143 e. The van der Waals surface area contributed by atoms with Gasteiger partial charge in [0.25, 0.3) is 0 Å². The average Bonchev–Trinajstić information content (AvgIpc) is 2.87. The van der Waals surface area contributed by atoms with E-state index in [-0.39, 0.29) is 6.61 Å². The molecule has 0 unspecified atom stereocenters. The van der Waals surface area contributed by atoms with Gasteiger partial charge in [-0.15, -0.1) is 0 Å². The van der Waals surface area contributed by atoms with E-state index in [0.29, 0.717) is 13.2 Å². The second kappa shape index (κ2) is 11.7. The zero-order chi connectivity index (χ0) is 22.8. The molecule has 5 heteroatoms. The number of hydrogen-bond acceptors (Lipinski definition) is 5. The maximum atomic E-state index is 9.35. The highest BCUT2D eigenvalue weighted by Crippen LogP contribution is 2.41. The highest BCUT2D eigenvalue weighted by atomic mass is 16.5. The lowest BCUT2D eigenvalue weighted by atomic mass is 9.80. The SMILES string of the molecule is CCN(CCO)CCOC(c1ccccc1)(c1ccc(OC)cc1)c1ccc(OC)cc1. The minimum Gasteiger partial charge on any atom is -0.497 e. The first-order valence-corrected chi connectivity index (χ1v) is 11.0. The third-order valence-corrected chi connectivity index (χ3v) is 5.76. The van der Waals surface area contributed by atoms with Gasteiger partial charge in [0.2, 0.25) is 0 Å². The molecule has 0 saturated heterocycles. The topological polar surface area (TPSA) is 51.2 Å². The Morgan fingerprint density at radius 2 is 1.22 bits per heavy atom. The first-order valence-electron chi connectivity index (χ1n) is 11.0. The Bertz CT molecular complexity index is 879. The molecule has 0 aliphatic rings. The lowest BCUT2D eigenvalue weighted by Crippen LogP contribution is -2.37. The van der Waals surface area contributed by atoms with Gasteiger partial charge in [-0.05, 0) is 47.5 Å². The number of nitrogens with zero attached hydrogens (tertiary/aromatic N) is 1. The van der Waals surface area contributed by atoms with E-state index in [1.807, 2.05) is 42.5 Å². The number of aliphatic hydroxyl groups is 1. The van der Waals surface area contributed by atoms with Crippen molar-refractivity contribution in [2.75, 3.05) is 47.1 Å². The number of likely N-dealkylation sites (N-methyl/N-ethyl adjacent to an activating group) is 1. The van der Waals surface area contributed by atoms with E-state index >= 15 is 0 Å². The molecule has 32 heavy (non-hydrogen) atoms. The molecule has 3 aromatic rings. The first-order chi connectivity index (χ1) is 15.7. The normalized spacial score (nSPS) is 11.5. The number of aliphatic hydroxyl groups excluding tert-OH is 1. The highest BCUT2D eigenvalue weighted by molar-refractivity contribution is 5.49. The molecule has 0 aliphatic heterocycles. The van der Waals surface area contributed by atoms with Crippen molar-refractivity contribution in [1.29, 1.82) is 0 Å². The van der Waals surface area contributed by atoms with Crippen LogP contribution in [-0.2, 0) is 10.3 Å². The van der Waals surface area contributed by atoms with Gasteiger partial charge in [-0.2, -0.15) is 0 Å². The Labute approximate surface area is 191 Å². The van der Waals surface area contributed by atoms with E-state index in [0.717, 1.165) is 41.3 Å². The van der Waals surface area contributed by atoms with Crippen molar-refractivity contribution in [2.45, 2.75) is 12.5 Å². The van der Waals surface area contributed by atoms with Crippen molar-refractivity contribution in [3.63, 3.8) is 0 Å². The van der Waals surface area contributed by atoms with Crippen LogP contribution in [0, 0.1) is 0 Å². The van der Waals surface area contributed by atoms with Crippen LogP contribution in [0.4, 0.5) is 0 Å². The summed E-state index contributed by atoms with van der Waals surface area (Å²) in [6.45, 7) is 4.93. The van der Waals surface area contributed by atoms with E-state index in [1.54, 1.807) is 14.2 Å². The van der Waals surface area contributed by atoms with Gasteiger partial charge >= 0.3 is 0 Å². The van der Waals surface area contributed by atoms with Crippen LogP contribution in [0.25, 0.3) is 0 Å². The average molecular weight is 436 g/mol. The van der Waals surface area contributed by atoms with Gasteiger partial charge in [0.15, 0.2) is 0 Å². The summed E-state index contributed by atoms with van der Waals surface area (Å²) in [6, 6.07) is 26.3. The first kappa shape index (κ1) is 23.8. The van der Waals surface area contributed by atoms with E-state index in [2.05, 4.69) is 48.2 Å². The monoisotopic (exact) mass is 435 g/mol. The Morgan fingerprint density at radius 3 is 1.66 bits per heavy atom. The second-order valence-corrected chi connectivity index (χ2v) is 7.51. The third kappa shape index (κ3) is 5.30. The van der Waals surface area contributed by atoms with Crippen LogP contribution in [0.3, 0.4) is 0 Å². The van der Waals surface area contributed by atoms with E-state index in [1.165, 1.54) is 0 Å². The molecule has 0 bridgehead atoms. The summed E-state index contributed by atoms with van der Waals surface area (Å²) in [5.41, 5.74) is 2.26. The molecule has 0 saturated carbocycles. The number of rotatable bonds is 12. The molecular weight excluding hydrogens is 402 g/mol. The minimum atomic E-state index is -0.807. The van der Waals surface area contributed by atoms with Crippen molar-refractivity contribution in [1.82, 2.24) is 4.90 Å². The summed E-state index contributed by atoms with van der Waals surface area (Å²) in [5.74, 6) is 1.59. The quantitative estimate of drug-likeness (QED) is 0.429. The van der Waals surface area contributed by atoms with Gasteiger partial charge in [-0.25, -0.2) is 0 Å². The van der Waals surface area contributed by atoms with Gasteiger partial charge in [-0.3, -0.25) is 4.90 Å². The fourth-order valence-corrected chi connectivity index (χ4v) is 3.97. The van der Waals surface area contributed by atoms with E-state index in [9.17, 15) is 5.11 Å². The van der Waals surface area contributed by atoms with Crippen LogP contribution in [0.2, 0.25) is 0 Å². The number of methoxy groups -OCH3 is 2. The highest BCUT2D eigenvalue weighted by Gasteiger charge is 2.37. The lowest BCUT2D eigenvalue weighted by molar-refractivity contribution is 0.0000285. The molecule has 0 atom stereocenters. The van der Waals surface area contributed by atoms with Gasteiger partial charge in [0.05, 0.1) is 27.4 Å². The van der Waals surface area contributed by atoms with E-state index in [4.69, 9.17) is 14.2 Å². The standard InChI is InChI=1S/C27H33NO4/c1-4-28(18-20-29)19-21-32-27(22-8-6-5-7-9-22,23-10-14-25(30-2)15-11-23)24-12-16-26(31-3)17-13-24/h5-17,29H,4,18-21H2,1-3H3. The van der Waals surface area contributed by atoms with E-state index < -0.39 is 5.60 Å². The van der Waals surface area contributed by atoms with Crippen LogP contribution < -0.4 is 9.47 Å². The van der Waals surface area contributed by atoms with Crippen LogP contribution in [0.15, 0.2) is 78.9 Å². The molecule has 0 amide bonds. The van der Waals surface area contributed by atoms with Crippen molar-refractivity contribution >= 4 is 0 Å². The predicted octanol–water partition coefficient (Wildman–Crippen LogP) is 4.33. The Kier molecular flexibility index (Phi) is 8.68. The van der Waals surface area contributed by atoms with Crippen molar-refractivity contribution < 1.29 is 19.3 Å². The van der Waals surface area contributed by atoms with Crippen LogP contribution in [0.5, 0.6) is 11.5 Å². The van der Waals surface area contributed by atoms with Crippen molar-refractivity contribution in [2.24, 2.45) is 0 Å². The molecule has 1 N–H and O–H groups in total.